The molecule has 1 aromatic carbocycles. The molecule has 0 aliphatic carbocycles. The highest BCUT2D eigenvalue weighted by molar-refractivity contribution is 5.84. The number of hydrogen-bond donors (Lipinski definition) is 2. The van der Waals surface area contributed by atoms with E-state index in [1.165, 1.54) is 0 Å². The maximum absolute atomic E-state index is 11.5. The van der Waals surface area contributed by atoms with Crippen LogP contribution < -0.4 is 15.8 Å². The van der Waals surface area contributed by atoms with Crippen LogP contribution in [0.2, 0.25) is 0 Å². The molecule has 88 valence electrons. The molecule has 0 unspecified atom stereocenters. The Labute approximate surface area is 98.4 Å². The van der Waals surface area contributed by atoms with E-state index in [1.54, 1.807) is 6.20 Å². The van der Waals surface area contributed by atoms with Crippen LogP contribution in [0.15, 0.2) is 29.2 Å². The lowest BCUT2D eigenvalue weighted by Crippen LogP contribution is -2.43. The molecule has 0 radical (unpaired) electrons. The van der Waals surface area contributed by atoms with Crippen molar-refractivity contribution in [2.75, 3.05) is 31.1 Å². The Balaban J connectivity index is 2.04. The van der Waals surface area contributed by atoms with E-state index in [-0.39, 0.29) is 5.56 Å². The van der Waals surface area contributed by atoms with Crippen molar-refractivity contribution in [3.63, 3.8) is 0 Å². The van der Waals surface area contributed by atoms with Gasteiger partial charge in [0.1, 0.15) is 0 Å². The fourth-order valence-electron chi connectivity index (χ4n) is 2.20. The molecular weight excluding hydrogens is 216 g/mol. The van der Waals surface area contributed by atoms with Crippen LogP contribution in [0.1, 0.15) is 0 Å². The minimum Gasteiger partial charge on any atom is -0.369 e. The zero-order chi connectivity index (χ0) is 11.7. The molecule has 1 saturated heterocycles. The number of hydrogen-bond acceptors (Lipinski definition) is 4. The Morgan fingerprint density at radius 2 is 2.06 bits per heavy atom. The second kappa shape index (κ2) is 4.18. The van der Waals surface area contributed by atoms with E-state index in [4.69, 9.17) is 0 Å². The summed E-state index contributed by atoms with van der Waals surface area (Å²) >= 11 is 0. The summed E-state index contributed by atoms with van der Waals surface area (Å²) in [6.45, 7) is 4.02. The predicted octanol–water partition coefficient (Wildman–Crippen LogP) is 0.333. The maximum Gasteiger partial charge on any atom is 0.272 e. The third-order valence-corrected chi connectivity index (χ3v) is 3.13. The minimum absolute atomic E-state index is 0.130. The van der Waals surface area contributed by atoms with Gasteiger partial charge in [0.15, 0.2) is 0 Å². The van der Waals surface area contributed by atoms with Crippen molar-refractivity contribution in [1.82, 2.24) is 15.5 Å². The minimum atomic E-state index is -0.130. The van der Waals surface area contributed by atoms with Crippen molar-refractivity contribution >= 4 is 16.5 Å². The van der Waals surface area contributed by atoms with Gasteiger partial charge in [0.25, 0.3) is 5.56 Å². The summed E-state index contributed by atoms with van der Waals surface area (Å²) in [5, 5.41) is 11.2. The zero-order valence-electron chi connectivity index (χ0n) is 9.44. The number of anilines is 1. The standard InChI is InChI=1S/C12H14N4O/c17-12-11-2-1-10(7-9(11)8-14-15-12)16-5-3-13-4-6-16/h1-2,7-8,13H,3-6H2,(H,15,17). The van der Waals surface area contributed by atoms with Crippen molar-refractivity contribution in [2.45, 2.75) is 0 Å². The van der Waals surface area contributed by atoms with Crippen molar-refractivity contribution in [3.8, 4) is 0 Å². The number of aromatic amines is 1. The van der Waals surface area contributed by atoms with Gasteiger partial charge in [0.05, 0.1) is 11.6 Å². The van der Waals surface area contributed by atoms with Gasteiger partial charge >= 0.3 is 0 Å². The Hall–Kier alpha value is -1.88. The van der Waals surface area contributed by atoms with Crippen LogP contribution in [0, 0.1) is 0 Å². The van der Waals surface area contributed by atoms with Crippen LogP contribution >= 0.6 is 0 Å². The summed E-state index contributed by atoms with van der Waals surface area (Å²) in [5.41, 5.74) is 1.03. The fraction of sp³-hybridized carbons (Fsp3) is 0.333. The van der Waals surface area contributed by atoms with Crippen LogP contribution in [0.3, 0.4) is 0 Å². The SMILES string of the molecule is O=c1[nH]ncc2cc(N3CCNCC3)ccc12. The van der Waals surface area contributed by atoms with Crippen LogP contribution in [-0.4, -0.2) is 36.4 Å². The van der Waals surface area contributed by atoms with Gasteiger partial charge in [0, 0.05) is 37.3 Å². The normalized spacial score (nSPS) is 16.4. The lowest BCUT2D eigenvalue weighted by atomic mass is 10.1. The van der Waals surface area contributed by atoms with Gasteiger partial charge < -0.3 is 10.2 Å². The number of nitrogens with one attached hydrogen (secondary N) is 2. The quantitative estimate of drug-likeness (QED) is 0.741. The Morgan fingerprint density at radius 1 is 1.24 bits per heavy atom. The Morgan fingerprint density at radius 3 is 2.88 bits per heavy atom. The van der Waals surface area contributed by atoms with E-state index in [0.29, 0.717) is 5.39 Å². The number of aromatic nitrogens is 2. The second-order valence-electron chi connectivity index (χ2n) is 4.21. The topological polar surface area (TPSA) is 61.0 Å². The molecule has 2 aromatic rings. The molecule has 3 rings (SSSR count). The average molecular weight is 230 g/mol. The van der Waals surface area contributed by atoms with Gasteiger partial charge in [-0.1, -0.05) is 0 Å². The summed E-state index contributed by atoms with van der Waals surface area (Å²) in [6.07, 6.45) is 1.70. The summed E-state index contributed by atoms with van der Waals surface area (Å²) < 4.78 is 0. The summed E-state index contributed by atoms with van der Waals surface area (Å²) in [7, 11) is 0. The molecule has 1 fully saturated rings. The number of nitrogens with zero attached hydrogens (tertiary/aromatic N) is 2. The monoisotopic (exact) mass is 230 g/mol. The van der Waals surface area contributed by atoms with Crippen LogP contribution in [0.4, 0.5) is 5.69 Å². The summed E-state index contributed by atoms with van der Waals surface area (Å²) in [4.78, 5) is 13.8. The van der Waals surface area contributed by atoms with Gasteiger partial charge in [-0.05, 0) is 18.2 Å². The first-order valence-corrected chi connectivity index (χ1v) is 5.78. The fourth-order valence-corrected chi connectivity index (χ4v) is 2.20. The summed E-state index contributed by atoms with van der Waals surface area (Å²) in [5.74, 6) is 0. The molecule has 0 spiro atoms. The molecule has 17 heavy (non-hydrogen) atoms. The number of piperazine rings is 1. The smallest absolute Gasteiger partial charge is 0.272 e. The van der Waals surface area contributed by atoms with Crippen LogP contribution in [0.25, 0.3) is 10.8 Å². The van der Waals surface area contributed by atoms with Gasteiger partial charge in [-0.3, -0.25) is 4.79 Å². The highest BCUT2D eigenvalue weighted by Gasteiger charge is 2.11. The average Bonchev–Trinajstić information content (AvgIpc) is 2.40. The number of rotatable bonds is 1. The largest absolute Gasteiger partial charge is 0.369 e. The van der Waals surface area contributed by atoms with Crippen molar-refractivity contribution in [2.24, 2.45) is 0 Å². The van der Waals surface area contributed by atoms with Crippen LogP contribution in [-0.2, 0) is 0 Å². The molecule has 0 atom stereocenters. The molecule has 1 aromatic heterocycles. The predicted molar refractivity (Wildman–Crippen MR) is 67.4 cm³/mol. The number of fused-ring (bicyclic) bond motifs is 1. The van der Waals surface area contributed by atoms with E-state index >= 15 is 0 Å². The van der Waals surface area contributed by atoms with Gasteiger partial charge in [-0.2, -0.15) is 5.10 Å². The molecule has 5 nitrogen and oxygen atoms in total. The number of H-pyrrole nitrogens is 1. The van der Waals surface area contributed by atoms with Crippen molar-refractivity contribution < 1.29 is 0 Å². The lowest BCUT2D eigenvalue weighted by Gasteiger charge is -2.29. The first-order chi connectivity index (χ1) is 8.34. The molecule has 1 aliphatic rings. The van der Waals surface area contributed by atoms with E-state index < -0.39 is 0 Å². The van der Waals surface area contributed by atoms with Crippen LogP contribution in [0.5, 0.6) is 0 Å². The highest BCUT2D eigenvalue weighted by atomic mass is 16.1. The van der Waals surface area contributed by atoms with Crippen molar-refractivity contribution in [3.05, 3.63) is 34.7 Å². The molecule has 2 heterocycles. The molecule has 2 N–H and O–H groups in total. The highest BCUT2D eigenvalue weighted by Crippen LogP contribution is 2.19. The van der Waals surface area contributed by atoms with E-state index in [0.717, 1.165) is 37.3 Å². The Bertz CT molecular complexity index is 586. The molecule has 0 amide bonds. The first-order valence-electron chi connectivity index (χ1n) is 5.78. The zero-order valence-corrected chi connectivity index (χ0v) is 9.44. The first kappa shape index (κ1) is 10.3. The van der Waals surface area contributed by atoms with Gasteiger partial charge in [-0.15, -0.1) is 0 Å². The summed E-state index contributed by atoms with van der Waals surface area (Å²) in [6, 6.07) is 5.90. The van der Waals surface area contributed by atoms with Gasteiger partial charge in [0.2, 0.25) is 0 Å². The molecule has 5 heteroatoms. The number of benzene rings is 1. The second-order valence-corrected chi connectivity index (χ2v) is 4.21. The molecule has 0 bridgehead atoms. The molecule has 0 saturated carbocycles. The maximum atomic E-state index is 11.5. The third kappa shape index (κ3) is 1.89. The Kier molecular flexibility index (Phi) is 2.53. The van der Waals surface area contributed by atoms with E-state index in [2.05, 4.69) is 20.4 Å². The van der Waals surface area contributed by atoms with E-state index in [9.17, 15) is 4.79 Å². The van der Waals surface area contributed by atoms with Crippen molar-refractivity contribution in [1.29, 1.82) is 0 Å². The molecule has 1 aliphatic heterocycles. The molecular formula is C12H14N4O. The van der Waals surface area contributed by atoms with Gasteiger partial charge in [-0.25, -0.2) is 5.10 Å². The van der Waals surface area contributed by atoms with E-state index in [1.807, 2.05) is 18.2 Å². The third-order valence-electron chi connectivity index (χ3n) is 3.13. The lowest BCUT2D eigenvalue weighted by molar-refractivity contribution is 0.589.